The summed E-state index contributed by atoms with van der Waals surface area (Å²) >= 11 is 0. The summed E-state index contributed by atoms with van der Waals surface area (Å²) in [6, 6.07) is 7.82. The van der Waals surface area contributed by atoms with Crippen LogP contribution in [-0.4, -0.2) is 19.1 Å². The summed E-state index contributed by atoms with van der Waals surface area (Å²) in [7, 11) is 0. The Bertz CT molecular complexity index is 400. The van der Waals surface area contributed by atoms with Gasteiger partial charge in [-0.25, -0.2) is 0 Å². The molecule has 1 saturated heterocycles. The van der Waals surface area contributed by atoms with Crippen molar-refractivity contribution in [2.75, 3.05) is 13.1 Å². The predicted octanol–water partition coefficient (Wildman–Crippen LogP) is 2.95. The molecule has 100 valence electrons. The van der Waals surface area contributed by atoms with Crippen molar-refractivity contribution in [3.63, 3.8) is 0 Å². The van der Waals surface area contributed by atoms with E-state index in [0.29, 0.717) is 18.0 Å². The Labute approximate surface area is 111 Å². The normalized spacial score (nSPS) is 26.0. The molecule has 2 N–H and O–H groups in total. The molecule has 2 nitrogen and oxygen atoms in total. The largest absolute Gasteiger partial charge is 0.316 e. The van der Waals surface area contributed by atoms with Gasteiger partial charge in [0, 0.05) is 12.1 Å². The van der Waals surface area contributed by atoms with Crippen molar-refractivity contribution >= 4 is 0 Å². The highest BCUT2D eigenvalue weighted by atomic mass is 15.0. The van der Waals surface area contributed by atoms with Crippen LogP contribution in [0.25, 0.3) is 0 Å². The van der Waals surface area contributed by atoms with Crippen molar-refractivity contribution in [3.8, 4) is 0 Å². The van der Waals surface area contributed by atoms with E-state index in [-0.39, 0.29) is 0 Å². The minimum Gasteiger partial charge on any atom is -0.316 e. The highest BCUT2D eigenvalue weighted by molar-refractivity contribution is 5.32. The summed E-state index contributed by atoms with van der Waals surface area (Å²) in [5, 5.41) is 7.27. The van der Waals surface area contributed by atoms with Gasteiger partial charge in [-0.3, -0.25) is 0 Å². The van der Waals surface area contributed by atoms with Gasteiger partial charge in [-0.05, 0) is 57.3 Å². The Kier molecular flexibility index (Phi) is 4.41. The van der Waals surface area contributed by atoms with Gasteiger partial charge >= 0.3 is 0 Å². The lowest BCUT2D eigenvalue weighted by molar-refractivity contribution is 0.278. The molecule has 1 aromatic carbocycles. The van der Waals surface area contributed by atoms with Crippen LogP contribution in [0.5, 0.6) is 0 Å². The maximum Gasteiger partial charge on any atom is 0.0297 e. The van der Waals surface area contributed by atoms with Crippen molar-refractivity contribution in [1.29, 1.82) is 0 Å². The van der Waals surface area contributed by atoms with Crippen LogP contribution in [0.4, 0.5) is 0 Å². The number of aryl methyl sites for hydroxylation is 2. The van der Waals surface area contributed by atoms with Gasteiger partial charge in [-0.15, -0.1) is 0 Å². The molecule has 3 unspecified atom stereocenters. The van der Waals surface area contributed by atoms with Gasteiger partial charge in [0.05, 0.1) is 0 Å². The van der Waals surface area contributed by atoms with Crippen LogP contribution in [0.1, 0.15) is 43.0 Å². The maximum absolute atomic E-state index is 3.81. The highest BCUT2D eigenvalue weighted by Gasteiger charge is 2.23. The van der Waals surface area contributed by atoms with Crippen LogP contribution in [0.3, 0.4) is 0 Å². The van der Waals surface area contributed by atoms with Gasteiger partial charge in [0.15, 0.2) is 0 Å². The molecule has 1 aliphatic heterocycles. The number of rotatable bonds is 3. The monoisotopic (exact) mass is 246 g/mol. The number of benzene rings is 1. The molecule has 2 rings (SSSR count). The van der Waals surface area contributed by atoms with Crippen LogP contribution >= 0.6 is 0 Å². The summed E-state index contributed by atoms with van der Waals surface area (Å²) < 4.78 is 0. The topological polar surface area (TPSA) is 24.1 Å². The Morgan fingerprint density at radius 2 is 2.11 bits per heavy atom. The Balaban J connectivity index is 2.06. The van der Waals surface area contributed by atoms with Gasteiger partial charge in [0.25, 0.3) is 0 Å². The molecule has 0 aliphatic carbocycles. The zero-order chi connectivity index (χ0) is 13.1. The van der Waals surface area contributed by atoms with E-state index in [1.807, 2.05) is 0 Å². The fourth-order valence-electron chi connectivity index (χ4n) is 2.90. The minimum absolute atomic E-state index is 0.440. The van der Waals surface area contributed by atoms with Crippen LogP contribution in [0.2, 0.25) is 0 Å². The van der Waals surface area contributed by atoms with Crippen LogP contribution in [0.15, 0.2) is 18.2 Å². The van der Waals surface area contributed by atoms with Crippen LogP contribution in [0, 0.1) is 19.8 Å². The number of hydrogen-bond acceptors (Lipinski definition) is 2. The van der Waals surface area contributed by atoms with Gasteiger partial charge in [0.2, 0.25) is 0 Å². The van der Waals surface area contributed by atoms with Gasteiger partial charge in [-0.2, -0.15) is 0 Å². The van der Waals surface area contributed by atoms with E-state index >= 15 is 0 Å². The molecule has 18 heavy (non-hydrogen) atoms. The molecular formula is C16H26N2. The van der Waals surface area contributed by atoms with Crippen molar-refractivity contribution < 1.29 is 0 Å². The van der Waals surface area contributed by atoms with E-state index in [2.05, 4.69) is 56.5 Å². The molecule has 0 spiro atoms. The molecule has 2 heteroatoms. The van der Waals surface area contributed by atoms with Gasteiger partial charge in [-0.1, -0.05) is 30.7 Å². The van der Waals surface area contributed by atoms with Crippen LogP contribution < -0.4 is 10.6 Å². The second-order valence-electron chi connectivity index (χ2n) is 5.82. The van der Waals surface area contributed by atoms with Crippen molar-refractivity contribution in [3.05, 3.63) is 34.9 Å². The first-order valence-corrected chi connectivity index (χ1v) is 7.12. The van der Waals surface area contributed by atoms with Crippen molar-refractivity contribution in [1.82, 2.24) is 10.6 Å². The molecule has 0 aromatic heterocycles. The van der Waals surface area contributed by atoms with Crippen LogP contribution in [-0.2, 0) is 0 Å². The highest BCUT2D eigenvalue weighted by Crippen LogP contribution is 2.22. The average Bonchev–Trinajstić information content (AvgIpc) is 2.35. The fourth-order valence-corrected chi connectivity index (χ4v) is 2.90. The lowest BCUT2D eigenvalue weighted by Crippen LogP contribution is -2.47. The Morgan fingerprint density at radius 1 is 1.33 bits per heavy atom. The smallest absolute Gasteiger partial charge is 0.0297 e. The second kappa shape index (κ2) is 5.85. The standard InChI is InChI=1S/C16H26N2/c1-11-5-6-12(2)15(9-11)14(4)18-16-7-8-17-10-13(16)3/h5-6,9,13-14,16-18H,7-8,10H2,1-4H3. The first-order valence-electron chi connectivity index (χ1n) is 7.12. The third-order valence-electron chi connectivity index (χ3n) is 4.15. The molecule has 1 fully saturated rings. The zero-order valence-electron chi connectivity index (χ0n) is 12.1. The lowest BCUT2D eigenvalue weighted by atomic mass is 9.92. The van der Waals surface area contributed by atoms with E-state index < -0.39 is 0 Å². The fraction of sp³-hybridized carbons (Fsp3) is 0.625. The maximum atomic E-state index is 3.81. The molecule has 0 radical (unpaired) electrons. The summed E-state index contributed by atoms with van der Waals surface area (Å²) in [4.78, 5) is 0. The zero-order valence-corrected chi connectivity index (χ0v) is 12.1. The summed E-state index contributed by atoms with van der Waals surface area (Å²) in [5.41, 5.74) is 4.19. The van der Waals surface area contributed by atoms with Crippen molar-refractivity contribution in [2.24, 2.45) is 5.92 Å². The molecule has 0 amide bonds. The molecule has 0 bridgehead atoms. The quantitative estimate of drug-likeness (QED) is 0.857. The first-order chi connectivity index (χ1) is 8.58. The molecule has 1 heterocycles. The minimum atomic E-state index is 0.440. The van der Waals surface area contributed by atoms with E-state index in [1.54, 1.807) is 0 Å². The number of hydrogen-bond donors (Lipinski definition) is 2. The van der Waals surface area contributed by atoms with Gasteiger partial charge in [0.1, 0.15) is 0 Å². The second-order valence-corrected chi connectivity index (χ2v) is 5.82. The van der Waals surface area contributed by atoms with E-state index in [0.717, 1.165) is 13.1 Å². The summed E-state index contributed by atoms with van der Waals surface area (Å²) in [5.74, 6) is 0.714. The lowest BCUT2D eigenvalue weighted by Gasteiger charge is -2.33. The third-order valence-corrected chi connectivity index (χ3v) is 4.15. The van der Waals surface area contributed by atoms with Crippen molar-refractivity contribution in [2.45, 2.75) is 46.2 Å². The number of piperidine rings is 1. The van der Waals surface area contributed by atoms with Gasteiger partial charge < -0.3 is 10.6 Å². The summed E-state index contributed by atoms with van der Waals surface area (Å²) in [6.07, 6.45) is 1.23. The predicted molar refractivity (Wildman–Crippen MR) is 77.9 cm³/mol. The molecular weight excluding hydrogens is 220 g/mol. The van der Waals surface area contributed by atoms with E-state index in [1.165, 1.54) is 23.1 Å². The van der Waals surface area contributed by atoms with E-state index in [9.17, 15) is 0 Å². The average molecular weight is 246 g/mol. The Hall–Kier alpha value is -0.860. The molecule has 1 aliphatic rings. The molecule has 1 aromatic rings. The SMILES string of the molecule is Cc1ccc(C)c(C(C)NC2CCNCC2C)c1. The molecule has 3 atom stereocenters. The third kappa shape index (κ3) is 3.12. The summed E-state index contributed by atoms with van der Waals surface area (Å²) in [6.45, 7) is 11.3. The van der Waals surface area contributed by atoms with E-state index in [4.69, 9.17) is 0 Å². The molecule has 0 saturated carbocycles. The first kappa shape index (κ1) is 13.6. The Morgan fingerprint density at radius 3 is 2.83 bits per heavy atom. The number of nitrogens with one attached hydrogen (secondary N) is 2.